The lowest BCUT2D eigenvalue weighted by Crippen LogP contribution is -2.37. The van der Waals surface area contributed by atoms with Crippen molar-refractivity contribution in [3.8, 4) is 5.75 Å². The molecule has 2 heterocycles. The zero-order chi connectivity index (χ0) is 23.0. The SMILES string of the molecule is COc1ccc(CCC(=O)N2CCCN(C(=O)c3csc(Cc4ccccc4)n3)CC2)cc1. The van der Waals surface area contributed by atoms with E-state index in [1.54, 1.807) is 7.11 Å². The van der Waals surface area contributed by atoms with Gasteiger partial charge in [0.05, 0.1) is 12.1 Å². The van der Waals surface area contributed by atoms with Crippen LogP contribution in [-0.2, 0) is 17.6 Å². The molecular weight excluding hydrogens is 434 g/mol. The number of hydrogen-bond donors (Lipinski definition) is 0. The highest BCUT2D eigenvalue weighted by Crippen LogP contribution is 2.18. The van der Waals surface area contributed by atoms with Crippen LogP contribution in [0.4, 0.5) is 0 Å². The summed E-state index contributed by atoms with van der Waals surface area (Å²) >= 11 is 1.52. The summed E-state index contributed by atoms with van der Waals surface area (Å²) in [5.41, 5.74) is 2.81. The lowest BCUT2D eigenvalue weighted by Gasteiger charge is -2.22. The van der Waals surface area contributed by atoms with Crippen molar-refractivity contribution in [2.75, 3.05) is 33.3 Å². The third-order valence-electron chi connectivity index (χ3n) is 5.89. The molecule has 7 heteroatoms. The number of carbonyl (C=O) groups is 2. The van der Waals surface area contributed by atoms with Gasteiger partial charge in [0.1, 0.15) is 11.4 Å². The van der Waals surface area contributed by atoms with E-state index >= 15 is 0 Å². The average molecular weight is 464 g/mol. The van der Waals surface area contributed by atoms with Gasteiger partial charge in [-0.1, -0.05) is 42.5 Å². The Hall–Kier alpha value is -3.19. The number of carbonyl (C=O) groups excluding carboxylic acids is 2. The van der Waals surface area contributed by atoms with Crippen LogP contribution in [0.2, 0.25) is 0 Å². The molecule has 1 aliphatic heterocycles. The number of hydrogen-bond acceptors (Lipinski definition) is 5. The Bertz CT molecular complexity index is 1070. The first-order valence-corrected chi connectivity index (χ1v) is 12.2. The molecule has 3 aromatic rings. The number of amides is 2. The highest BCUT2D eigenvalue weighted by molar-refractivity contribution is 7.09. The fourth-order valence-electron chi connectivity index (χ4n) is 3.99. The van der Waals surface area contributed by atoms with Gasteiger partial charge in [0.25, 0.3) is 5.91 Å². The molecule has 0 radical (unpaired) electrons. The molecule has 6 nitrogen and oxygen atoms in total. The lowest BCUT2D eigenvalue weighted by molar-refractivity contribution is -0.131. The monoisotopic (exact) mass is 463 g/mol. The Balaban J connectivity index is 1.28. The van der Waals surface area contributed by atoms with E-state index in [0.717, 1.165) is 29.2 Å². The zero-order valence-corrected chi connectivity index (χ0v) is 19.7. The van der Waals surface area contributed by atoms with Crippen molar-refractivity contribution in [1.29, 1.82) is 0 Å². The number of methoxy groups -OCH3 is 1. The summed E-state index contributed by atoms with van der Waals surface area (Å²) in [5, 5.41) is 2.79. The molecule has 1 aromatic heterocycles. The zero-order valence-electron chi connectivity index (χ0n) is 18.9. The normalized spacial score (nSPS) is 14.1. The van der Waals surface area contributed by atoms with Crippen LogP contribution in [0.3, 0.4) is 0 Å². The summed E-state index contributed by atoms with van der Waals surface area (Å²) in [4.78, 5) is 34.1. The van der Waals surface area contributed by atoms with Gasteiger partial charge in [-0.3, -0.25) is 9.59 Å². The van der Waals surface area contributed by atoms with Crippen molar-refractivity contribution in [1.82, 2.24) is 14.8 Å². The number of ether oxygens (including phenoxy) is 1. The molecule has 0 aliphatic carbocycles. The van der Waals surface area contributed by atoms with Crippen molar-refractivity contribution in [3.63, 3.8) is 0 Å². The first-order valence-electron chi connectivity index (χ1n) is 11.3. The molecule has 0 N–H and O–H groups in total. The molecule has 1 fully saturated rings. The molecule has 0 bridgehead atoms. The van der Waals surface area contributed by atoms with E-state index in [1.165, 1.54) is 16.9 Å². The van der Waals surface area contributed by atoms with Crippen LogP contribution in [-0.4, -0.2) is 59.9 Å². The maximum atomic E-state index is 13.0. The Labute approximate surface area is 198 Å². The van der Waals surface area contributed by atoms with Crippen molar-refractivity contribution < 1.29 is 14.3 Å². The van der Waals surface area contributed by atoms with Gasteiger partial charge >= 0.3 is 0 Å². The average Bonchev–Trinajstić information content (AvgIpc) is 3.17. The minimum Gasteiger partial charge on any atom is -0.497 e. The first kappa shape index (κ1) is 23.0. The van der Waals surface area contributed by atoms with Crippen molar-refractivity contribution in [3.05, 3.63) is 81.8 Å². The second kappa shape index (κ2) is 11.1. The van der Waals surface area contributed by atoms with Crippen molar-refractivity contribution >= 4 is 23.2 Å². The smallest absolute Gasteiger partial charge is 0.273 e. The van der Waals surface area contributed by atoms with Gasteiger partial charge < -0.3 is 14.5 Å². The summed E-state index contributed by atoms with van der Waals surface area (Å²) in [6.07, 6.45) is 2.68. The van der Waals surface area contributed by atoms with E-state index in [1.807, 2.05) is 57.6 Å². The molecule has 172 valence electrons. The summed E-state index contributed by atoms with van der Waals surface area (Å²) in [6.45, 7) is 2.43. The highest BCUT2D eigenvalue weighted by Gasteiger charge is 2.24. The number of rotatable bonds is 7. The summed E-state index contributed by atoms with van der Waals surface area (Å²) in [6, 6.07) is 18.0. The third kappa shape index (κ3) is 6.20. The maximum absolute atomic E-state index is 13.0. The lowest BCUT2D eigenvalue weighted by atomic mass is 10.1. The summed E-state index contributed by atoms with van der Waals surface area (Å²) < 4.78 is 5.18. The molecule has 0 saturated carbocycles. The van der Waals surface area contributed by atoms with E-state index in [-0.39, 0.29) is 11.8 Å². The second-order valence-electron chi connectivity index (χ2n) is 8.16. The van der Waals surface area contributed by atoms with Crippen LogP contribution in [0.5, 0.6) is 5.75 Å². The number of aromatic nitrogens is 1. The van der Waals surface area contributed by atoms with Crippen LogP contribution < -0.4 is 4.74 Å². The van der Waals surface area contributed by atoms with Crippen LogP contribution >= 0.6 is 11.3 Å². The fraction of sp³-hybridized carbons (Fsp3) is 0.346. The van der Waals surface area contributed by atoms with Crippen LogP contribution in [0.15, 0.2) is 60.0 Å². The van der Waals surface area contributed by atoms with E-state index in [2.05, 4.69) is 17.1 Å². The predicted molar refractivity (Wildman–Crippen MR) is 130 cm³/mol. The maximum Gasteiger partial charge on any atom is 0.273 e. The number of thiazole rings is 1. The third-order valence-corrected chi connectivity index (χ3v) is 6.74. The Kier molecular flexibility index (Phi) is 7.73. The first-order chi connectivity index (χ1) is 16.1. The molecule has 1 saturated heterocycles. The van der Waals surface area contributed by atoms with Crippen LogP contribution in [0, 0.1) is 0 Å². The van der Waals surface area contributed by atoms with E-state index < -0.39 is 0 Å². The van der Waals surface area contributed by atoms with Crippen molar-refractivity contribution in [2.24, 2.45) is 0 Å². The van der Waals surface area contributed by atoms with Gasteiger partial charge in [-0.15, -0.1) is 11.3 Å². The largest absolute Gasteiger partial charge is 0.497 e. The van der Waals surface area contributed by atoms with Crippen molar-refractivity contribution in [2.45, 2.75) is 25.7 Å². The molecular formula is C26H29N3O3S. The Morgan fingerprint density at radius 2 is 1.67 bits per heavy atom. The number of benzene rings is 2. The van der Waals surface area contributed by atoms with Gasteiger partial charge in [-0.05, 0) is 36.1 Å². The standard InChI is InChI=1S/C26H29N3O3S/c1-32-22-11-8-20(9-12-22)10-13-25(30)28-14-5-15-29(17-16-28)26(31)23-19-33-24(27-23)18-21-6-3-2-4-7-21/h2-4,6-9,11-12,19H,5,10,13-18H2,1H3. The number of nitrogens with zero attached hydrogens (tertiary/aromatic N) is 3. The van der Waals surface area contributed by atoms with Crippen LogP contribution in [0.25, 0.3) is 0 Å². The van der Waals surface area contributed by atoms with E-state index in [4.69, 9.17) is 4.74 Å². The van der Waals surface area contributed by atoms with Crippen LogP contribution in [0.1, 0.15) is 39.5 Å². The van der Waals surface area contributed by atoms with Gasteiger partial charge in [-0.2, -0.15) is 0 Å². The predicted octanol–water partition coefficient (Wildman–Crippen LogP) is 4.05. The Morgan fingerprint density at radius 3 is 2.42 bits per heavy atom. The quantitative estimate of drug-likeness (QED) is 0.530. The number of aryl methyl sites for hydroxylation is 1. The molecule has 2 aromatic carbocycles. The van der Waals surface area contributed by atoms with Gasteiger partial charge in [0.15, 0.2) is 0 Å². The fourth-order valence-corrected chi connectivity index (χ4v) is 4.80. The minimum absolute atomic E-state index is 0.0434. The molecule has 33 heavy (non-hydrogen) atoms. The summed E-state index contributed by atoms with van der Waals surface area (Å²) in [5.74, 6) is 0.909. The summed E-state index contributed by atoms with van der Waals surface area (Å²) in [7, 11) is 1.64. The van der Waals surface area contributed by atoms with E-state index in [0.29, 0.717) is 44.7 Å². The van der Waals surface area contributed by atoms with Gasteiger partial charge in [-0.25, -0.2) is 4.98 Å². The molecule has 2 amide bonds. The molecule has 0 unspecified atom stereocenters. The van der Waals surface area contributed by atoms with Gasteiger partial charge in [0, 0.05) is 44.4 Å². The molecule has 0 atom stereocenters. The topological polar surface area (TPSA) is 62.7 Å². The second-order valence-corrected chi connectivity index (χ2v) is 9.11. The minimum atomic E-state index is -0.0434. The van der Waals surface area contributed by atoms with Gasteiger partial charge in [0.2, 0.25) is 5.91 Å². The highest BCUT2D eigenvalue weighted by atomic mass is 32.1. The Morgan fingerprint density at radius 1 is 0.939 bits per heavy atom. The molecule has 4 rings (SSSR count). The molecule has 0 spiro atoms. The molecule has 1 aliphatic rings. The van der Waals surface area contributed by atoms with E-state index in [9.17, 15) is 9.59 Å².